The van der Waals surface area contributed by atoms with Crippen molar-refractivity contribution in [2.45, 2.75) is 19.4 Å². The second-order valence-corrected chi connectivity index (χ2v) is 6.62. The van der Waals surface area contributed by atoms with E-state index in [1.54, 1.807) is 23.7 Å². The Kier molecular flexibility index (Phi) is 4.89. The number of carboxylic acids is 1. The van der Waals surface area contributed by atoms with Crippen LogP contribution in [-0.2, 0) is 11.4 Å². The lowest BCUT2D eigenvalue weighted by Gasteiger charge is -2.13. The van der Waals surface area contributed by atoms with Gasteiger partial charge >= 0.3 is 5.97 Å². The van der Waals surface area contributed by atoms with Crippen molar-refractivity contribution < 1.29 is 24.2 Å². The summed E-state index contributed by atoms with van der Waals surface area (Å²) in [5.41, 5.74) is 2.14. The summed E-state index contributed by atoms with van der Waals surface area (Å²) in [5.74, 6) is -0.258. The predicted octanol–water partition coefficient (Wildman–Crippen LogP) is 2.33. The van der Waals surface area contributed by atoms with Gasteiger partial charge in [-0.3, -0.25) is 9.59 Å². The van der Waals surface area contributed by atoms with E-state index in [-0.39, 0.29) is 12.5 Å². The molecule has 1 aliphatic carbocycles. The van der Waals surface area contributed by atoms with Crippen LogP contribution in [-0.4, -0.2) is 35.6 Å². The Hall–Kier alpha value is -2.61. The van der Waals surface area contributed by atoms with Gasteiger partial charge in [-0.1, -0.05) is 0 Å². The number of aliphatic carboxylic acids is 1. The fourth-order valence-electron chi connectivity index (χ4n) is 2.36. The zero-order valence-corrected chi connectivity index (χ0v) is 14.5. The average molecular weight is 362 g/mol. The van der Waals surface area contributed by atoms with E-state index in [9.17, 15) is 9.59 Å². The van der Waals surface area contributed by atoms with Crippen LogP contribution in [0.5, 0.6) is 11.5 Å². The molecule has 0 aliphatic heterocycles. The van der Waals surface area contributed by atoms with Crippen LogP contribution < -0.4 is 14.8 Å². The number of hydrogen-bond donors (Lipinski definition) is 2. The number of thiazole rings is 1. The van der Waals surface area contributed by atoms with E-state index in [2.05, 4.69) is 10.3 Å². The minimum atomic E-state index is -0.865. The van der Waals surface area contributed by atoms with Gasteiger partial charge in [-0.15, -0.1) is 11.3 Å². The summed E-state index contributed by atoms with van der Waals surface area (Å²) >= 11 is 1.49. The molecule has 1 saturated carbocycles. The molecule has 1 aliphatic rings. The number of carbonyl (C=O) groups excluding carboxylic acids is 1. The summed E-state index contributed by atoms with van der Waals surface area (Å²) in [5, 5.41) is 13.7. The molecule has 8 heteroatoms. The smallest absolute Gasteiger partial charge is 0.311 e. The number of aromatic nitrogens is 1. The second-order valence-electron chi connectivity index (χ2n) is 5.90. The Morgan fingerprint density at radius 1 is 1.36 bits per heavy atom. The second kappa shape index (κ2) is 7.10. The Bertz CT molecular complexity index is 771. The summed E-state index contributed by atoms with van der Waals surface area (Å²) in [6, 6.07) is 4.85. The van der Waals surface area contributed by atoms with Crippen LogP contribution in [0.2, 0.25) is 0 Å². The first kappa shape index (κ1) is 17.2. The van der Waals surface area contributed by atoms with Gasteiger partial charge in [0.05, 0.1) is 23.7 Å². The van der Waals surface area contributed by atoms with Gasteiger partial charge in [0.15, 0.2) is 11.5 Å². The Morgan fingerprint density at radius 2 is 2.16 bits per heavy atom. The third-order valence-corrected chi connectivity index (χ3v) is 4.81. The summed E-state index contributed by atoms with van der Waals surface area (Å²) < 4.78 is 11.0. The number of nitrogens with zero attached hydrogens (tertiary/aromatic N) is 1. The van der Waals surface area contributed by atoms with Crippen LogP contribution in [0.25, 0.3) is 0 Å². The quantitative estimate of drug-likeness (QED) is 0.748. The molecule has 1 aromatic carbocycles. The molecular formula is C17H18N2O5S. The molecule has 1 aromatic heterocycles. The molecule has 7 nitrogen and oxygen atoms in total. The molecule has 0 spiro atoms. The maximum atomic E-state index is 12.3. The van der Waals surface area contributed by atoms with Crippen LogP contribution in [0.3, 0.4) is 0 Å². The number of benzene rings is 1. The van der Waals surface area contributed by atoms with Crippen LogP contribution in [0.4, 0.5) is 0 Å². The molecule has 0 saturated heterocycles. The fourth-order valence-corrected chi connectivity index (χ4v) is 2.90. The zero-order chi connectivity index (χ0) is 17.9. The molecule has 1 amide bonds. The lowest BCUT2D eigenvalue weighted by Crippen LogP contribution is -2.34. The van der Waals surface area contributed by atoms with Crippen molar-refractivity contribution in [2.75, 3.05) is 13.7 Å². The summed E-state index contributed by atoms with van der Waals surface area (Å²) in [6.45, 7) is 0.443. The topological polar surface area (TPSA) is 97.8 Å². The highest BCUT2D eigenvalue weighted by atomic mass is 32.1. The van der Waals surface area contributed by atoms with E-state index in [0.29, 0.717) is 36.5 Å². The molecule has 2 N–H and O–H groups in total. The van der Waals surface area contributed by atoms with Gasteiger partial charge in [0.2, 0.25) is 0 Å². The van der Waals surface area contributed by atoms with E-state index in [1.165, 1.54) is 18.4 Å². The Morgan fingerprint density at radius 3 is 2.76 bits per heavy atom. The summed E-state index contributed by atoms with van der Waals surface area (Å²) in [7, 11) is 1.50. The van der Waals surface area contributed by atoms with E-state index in [0.717, 1.165) is 5.69 Å². The van der Waals surface area contributed by atoms with Crippen molar-refractivity contribution in [3.63, 3.8) is 0 Å². The van der Waals surface area contributed by atoms with Gasteiger partial charge in [0.25, 0.3) is 5.91 Å². The third kappa shape index (κ3) is 3.90. The molecular weight excluding hydrogens is 344 g/mol. The van der Waals surface area contributed by atoms with Crippen molar-refractivity contribution in [3.05, 3.63) is 40.3 Å². The van der Waals surface area contributed by atoms with Gasteiger partial charge in [-0.25, -0.2) is 4.98 Å². The zero-order valence-electron chi connectivity index (χ0n) is 13.7. The molecule has 1 heterocycles. The average Bonchev–Trinajstić information content (AvgIpc) is 3.25. The molecule has 3 rings (SSSR count). The molecule has 0 bridgehead atoms. The predicted molar refractivity (Wildman–Crippen MR) is 91.1 cm³/mol. The van der Waals surface area contributed by atoms with Gasteiger partial charge in [0, 0.05) is 17.5 Å². The standard InChI is InChI=1S/C17H18N2O5S/c1-23-14-6-11(15(20)18-9-17(4-5-17)16(21)22)2-3-13(14)24-7-12-8-25-10-19-12/h2-3,6,8,10H,4-5,7,9H2,1H3,(H,18,20)(H,21,22). The molecule has 0 atom stereocenters. The monoisotopic (exact) mass is 362 g/mol. The summed E-state index contributed by atoms with van der Waals surface area (Å²) in [4.78, 5) is 27.6. The number of hydrogen-bond acceptors (Lipinski definition) is 6. The maximum absolute atomic E-state index is 12.3. The summed E-state index contributed by atoms with van der Waals surface area (Å²) in [6.07, 6.45) is 1.19. The molecule has 1 fully saturated rings. The van der Waals surface area contributed by atoms with E-state index >= 15 is 0 Å². The minimum absolute atomic E-state index is 0.131. The lowest BCUT2D eigenvalue weighted by molar-refractivity contribution is -0.143. The number of rotatable bonds is 8. The minimum Gasteiger partial charge on any atom is -0.493 e. The van der Waals surface area contributed by atoms with Crippen LogP contribution in [0.15, 0.2) is 29.1 Å². The van der Waals surface area contributed by atoms with Gasteiger partial charge in [-0.2, -0.15) is 0 Å². The molecule has 2 aromatic rings. The molecule has 0 radical (unpaired) electrons. The van der Waals surface area contributed by atoms with E-state index < -0.39 is 11.4 Å². The lowest BCUT2D eigenvalue weighted by atomic mass is 10.1. The fraction of sp³-hybridized carbons (Fsp3) is 0.353. The van der Waals surface area contributed by atoms with Crippen LogP contribution in [0.1, 0.15) is 28.9 Å². The van der Waals surface area contributed by atoms with Gasteiger partial charge in [0.1, 0.15) is 6.61 Å². The number of methoxy groups -OCH3 is 1. The number of nitrogens with one attached hydrogen (secondary N) is 1. The largest absolute Gasteiger partial charge is 0.493 e. The van der Waals surface area contributed by atoms with Gasteiger partial charge < -0.3 is 19.9 Å². The molecule has 0 unspecified atom stereocenters. The maximum Gasteiger partial charge on any atom is 0.311 e. The van der Waals surface area contributed by atoms with Gasteiger partial charge in [-0.05, 0) is 31.0 Å². The number of carboxylic acid groups (broad SMARTS) is 1. The molecule has 132 valence electrons. The van der Waals surface area contributed by atoms with Crippen molar-refractivity contribution in [1.29, 1.82) is 0 Å². The van der Waals surface area contributed by atoms with Crippen LogP contribution >= 0.6 is 11.3 Å². The Labute approximate surface area is 148 Å². The van der Waals surface area contributed by atoms with E-state index in [4.69, 9.17) is 14.6 Å². The highest BCUT2D eigenvalue weighted by molar-refractivity contribution is 7.07. The first-order valence-corrected chi connectivity index (χ1v) is 8.68. The number of amides is 1. The highest BCUT2D eigenvalue weighted by Gasteiger charge is 2.50. The number of ether oxygens (including phenoxy) is 2. The SMILES string of the molecule is COc1cc(C(=O)NCC2(C(=O)O)CC2)ccc1OCc1cscn1. The van der Waals surface area contributed by atoms with Crippen molar-refractivity contribution in [3.8, 4) is 11.5 Å². The first-order chi connectivity index (χ1) is 12.0. The van der Waals surface area contributed by atoms with Crippen LogP contribution in [0, 0.1) is 5.41 Å². The van der Waals surface area contributed by atoms with Crippen molar-refractivity contribution in [2.24, 2.45) is 5.41 Å². The number of carbonyl (C=O) groups is 2. The van der Waals surface area contributed by atoms with Crippen molar-refractivity contribution in [1.82, 2.24) is 10.3 Å². The third-order valence-electron chi connectivity index (χ3n) is 4.18. The normalized spacial score (nSPS) is 14.6. The first-order valence-electron chi connectivity index (χ1n) is 7.73. The highest BCUT2D eigenvalue weighted by Crippen LogP contribution is 2.45. The van der Waals surface area contributed by atoms with E-state index in [1.807, 2.05) is 5.38 Å². The molecule has 25 heavy (non-hydrogen) atoms. The Balaban J connectivity index is 1.64. The van der Waals surface area contributed by atoms with Crippen molar-refractivity contribution >= 4 is 23.2 Å².